The third-order valence-electron chi connectivity index (χ3n) is 2.17. The van der Waals surface area contributed by atoms with Gasteiger partial charge >= 0.3 is 6.18 Å². The number of benzene rings is 1. The van der Waals surface area contributed by atoms with E-state index in [1.54, 1.807) is 0 Å². The van der Waals surface area contributed by atoms with Crippen LogP contribution < -0.4 is 5.32 Å². The lowest BCUT2D eigenvalue weighted by atomic mass is 10.2. The lowest BCUT2D eigenvalue weighted by Gasteiger charge is -2.10. The second-order valence-electron chi connectivity index (χ2n) is 3.48. The number of aromatic nitrogens is 3. The number of nitrogens with one attached hydrogen (secondary N) is 2. The SMILES string of the molecule is O=C(Nc1cc(C(F)(F)F)ccc1Cl)c1ncn[nH]1. The fourth-order valence-electron chi connectivity index (χ4n) is 1.29. The van der Waals surface area contributed by atoms with E-state index in [1.165, 1.54) is 0 Å². The molecule has 0 spiro atoms. The Balaban J connectivity index is 2.27. The molecule has 0 atom stereocenters. The molecule has 19 heavy (non-hydrogen) atoms. The van der Waals surface area contributed by atoms with Crippen molar-refractivity contribution in [2.45, 2.75) is 6.18 Å². The van der Waals surface area contributed by atoms with Gasteiger partial charge in [-0.25, -0.2) is 4.98 Å². The van der Waals surface area contributed by atoms with Crippen molar-refractivity contribution in [3.8, 4) is 0 Å². The Morgan fingerprint density at radius 3 is 2.68 bits per heavy atom. The normalized spacial score (nSPS) is 11.4. The van der Waals surface area contributed by atoms with Gasteiger partial charge in [0.25, 0.3) is 5.91 Å². The number of amides is 1. The van der Waals surface area contributed by atoms with Crippen LogP contribution >= 0.6 is 11.6 Å². The van der Waals surface area contributed by atoms with Crippen molar-refractivity contribution in [2.24, 2.45) is 0 Å². The number of rotatable bonds is 2. The summed E-state index contributed by atoms with van der Waals surface area (Å²) in [5, 5.41) is 7.94. The van der Waals surface area contributed by atoms with Gasteiger partial charge in [-0.15, -0.1) is 0 Å². The molecule has 0 unspecified atom stereocenters. The number of nitrogens with zero attached hydrogens (tertiary/aromatic N) is 2. The summed E-state index contributed by atoms with van der Waals surface area (Å²) in [6.07, 6.45) is -3.42. The van der Waals surface area contributed by atoms with Gasteiger partial charge < -0.3 is 5.32 Å². The number of carbonyl (C=O) groups is 1. The second-order valence-corrected chi connectivity index (χ2v) is 3.89. The Bertz CT molecular complexity index is 597. The topological polar surface area (TPSA) is 70.7 Å². The minimum atomic E-state index is -4.52. The molecule has 100 valence electrons. The smallest absolute Gasteiger partial charge is 0.318 e. The molecule has 0 radical (unpaired) electrons. The average Bonchev–Trinajstić information content (AvgIpc) is 2.84. The first-order valence-corrected chi connectivity index (χ1v) is 5.29. The van der Waals surface area contributed by atoms with Crippen LogP contribution in [0.5, 0.6) is 0 Å². The zero-order valence-corrected chi connectivity index (χ0v) is 9.88. The molecule has 0 aliphatic rings. The standard InChI is InChI=1S/C10H6ClF3N4O/c11-6-2-1-5(10(12,13)14)3-7(6)17-9(19)8-15-4-16-18-8/h1-4H,(H,17,19)(H,15,16,18). The summed E-state index contributed by atoms with van der Waals surface area (Å²) in [6, 6.07) is 2.63. The fraction of sp³-hybridized carbons (Fsp3) is 0.100. The van der Waals surface area contributed by atoms with Gasteiger partial charge in [-0.3, -0.25) is 9.89 Å². The van der Waals surface area contributed by atoms with Gasteiger partial charge in [0, 0.05) is 0 Å². The number of aromatic amines is 1. The minimum Gasteiger partial charge on any atom is -0.318 e. The molecule has 0 saturated heterocycles. The lowest BCUT2D eigenvalue weighted by molar-refractivity contribution is -0.137. The predicted octanol–water partition coefficient (Wildman–Crippen LogP) is 2.73. The Hall–Kier alpha value is -2.09. The highest BCUT2D eigenvalue weighted by Crippen LogP contribution is 2.33. The van der Waals surface area contributed by atoms with E-state index in [1.807, 2.05) is 0 Å². The predicted molar refractivity (Wildman–Crippen MR) is 60.8 cm³/mol. The second kappa shape index (κ2) is 4.88. The summed E-state index contributed by atoms with van der Waals surface area (Å²) in [6.45, 7) is 0. The van der Waals surface area contributed by atoms with Crippen molar-refractivity contribution in [1.82, 2.24) is 15.2 Å². The maximum atomic E-state index is 12.5. The van der Waals surface area contributed by atoms with E-state index in [2.05, 4.69) is 20.5 Å². The van der Waals surface area contributed by atoms with E-state index in [0.717, 1.165) is 24.5 Å². The molecule has 0 aliphatic heterocycles. The summed E-state index contributed by atoms with van der Waals surface area (Å²) in [5.74, 6) is -0.868. The number of hydrogen-bond donors (Lipinski definition) is 2. The van der Waals surface area contributed by atoms with Crippen LogP contribution in [0.3, 0.4) is 0 Å². The van der Waals surface area contributed by atoms with E-state index in [4.69, 9.17) is 11.6 Å². The zero-order valence-electron chi connectivity index (χ0n) is 9.12. The molecular weight excluding hydrogens is 285 g/mol. The van der Waals surface area contributed by atoms with Crippen LogP contribution in [0.2, 0.25) is 5.02 Å². The molecule has 1 amide bonds. The van der Waals surface area contributed by atoms with Crippen molar-refractivity contribution in [1.29, 1.82) is 0 Å². The quantitative estimate of drug-likeness (QED) is 0.893. The van der Waals surface area contributed by atoms with Crippen LogP contribution in [-0.2, 0) is 6.18 Å². The molecule has 5 nitrogen and oxygen atoms in total. The summed E-state index contributed by atoms with van der Waals surface area (Å²) in [4.78, 5) is 15.2. The van der Waals surface area contributed by atoms with Crippen LogP contribution in [0.4, 0.5) is 18.9 Å². The number of anilines is 1. The summed E-state index contributed by atoms with van der Waals surface area (Å²) in [7, 11) is 0. The fourth-order valence-corrected chi connectivity index (χ4v) is 1.46. The molecular formula is C10H6ClF3N4O. The van der Waals surface area contributed by atoms with Crippen LogP contribution in [0, 0.1) is 0 Å². The van der Waals surface area contributed by atoms with Gasteiger partial charge in [0.1, 0.15) is 6.33 Å². The third kappa shape index (κ3) is 3.02. The van der Waals surface area contributed by atoms with Crippen molar-refractivity contribution in [2.75, 3.05) is 5.32 Å². The molecule has 9 heteroatoms. The van der Waals surface area contributed by atoms with E-state index in [-0.39, 0.29) is 16.5 Å². The summed E-state index contributed by atoms with van der Waals surface area (Å²) >= 11 is 5.72. The molecule has 2 N–H and O–H groups in total. The summed E-state index contributed by atoms with van der Waals surface area (Å²) in [5.41, 5.74) is -1.07. The molecule has 2 rings (SSSR count). The van der Waals surface area contributed by atoms with Crippen molar-refractivity contribution in [3.05, 3.63) is 40.9 Å². The van der Waals surface area contributed by atoms with Crippen LogP contribution in [0.15, 0.2) is 24.5 Å². The minimum absolute atomic E-state index is 0.0131. The number of hydrogen-bond acceptors (Lipinski definition) is 3. The third-order valence-corrected chi connectivity index (χ3v) is 2.50. The zero-order chi connectivity index (χ0) is 14.0. The molecule has 0 saturated carbocycles. The molecule has 0 aliphatic carbocycles. The van der Waals surface area contributed by atoms with Gasteiger partial charge in [0.2, 0.25) is 5.82 Å². The molecule has 1 heterocycles. The highest BCUT2D eigenvalue weighted by molar-refractivity contribution is 6.33. The maximum Gasteiger partial charge on any atom is 0.416 e. The molecule has 1 aromatic carbocycles. The highest BCUT2D eigenvalue weighted by atomic mass is 35.5. The molecule has 1 aromatic heterocycles. The molecule has 0 bridgehead atoms. The van der Waals surface area contributed by atoms with E-state index < -0.39 is 17.6 Å². The van der Waals surface area contributed by atoms with E-state index in [9.17, 15) is 18.0 Å². The Kier molecular flexibility index (Phi) is 3.43. The van der Waals surface area contributed by atoms with Crippen molar-refractivity contribution < 1.29 is 18.0 Å². The van der Waals surface area contributed by atoms with E-state index >= 15 is 0 Å². The van der Waals surface area contributed by atoms with Crippen LogP contribution in [0.25, 0.3) is 0 Å². The van der Waals surface area contributed by atoms with Gasteiger partial charge in [-0.05, 0) is 18.2 Å². The van der Waals surface area contributed by atoms with Gasteiger partial charge in [-0.2, -0.15) is 18.3 Å². The Labute approximate surface area is 109 Å². The van der Waals surface area contributed by atoms with Gasteiger partial charge in [0.15, 0.2) is 0 Å². The average molecular weight is 291 g/mol. The molecule has 2 aromatic rings. The Morgan fingerprint density at radius 1 is 1.37 bits per heavy atom. The highest BCUT2D eigenvalue weighted by Gasteiger charge is 2.31. The summed E-state index contributed by atoms with van der Waals surface area (Å²) < 4.78 is 37.6. The molecule has 0 fully saturated rings. The van der Waals surface area contributed by atoms with Crippen molar-refractivity contribution in [3.63, 3.8) is 0 Å². The van der Waals surface area contributed by atoms with E-state index in [0.29, 0.717) is 0 Å². The first-order valence-electron chi connectivity index (χ1n) is 4.91. The number of carbonyl (C=O) groups excluding carboxylic acids is 1. The largest absolute Gasteiger partial charge is 0.416 e. The van der Waals surface area contributed by atoms with Gasteiger partial charge in [0.05, 0.1) is 16.3 Å². The number of alkyl halides is 3. The monoisotopic (exact) mass is 290 g/mol. The van der Waals surface area contributed by atoms with Gasteiger partial charge in [-0.1, -0.05) is 11.6 Å². The first-order chi connectivity index (χ1) is 8.88. The number of halogens is 4. The Morgan fingerprint density at radius 2 is 2.11 bits per heavy atom. The van der Waals surface area contributed by atoms with Crippen molar-refractivity contribution >= 4 is 23.2 Å². The maximum absolute atomic E-state index is 12.5. The lowest BCUT2D eigenvalue weighted by Crippen LogP contribution is -2.15. The number of H-pyrrole nitrogens is 1. The van der Waals surface area contributed by atoms with Crippen LogP contribution in [-0.4, -0.2) is 21.1 Å². The van der Waals surface area contributed by atoms with Crippen LogP contribution in [0.1, 0.15) is 16.2 Å². The first kappa shape index (κ1) is 13.3.